The maximum Gasteiger partial charge on any atom is 0.319 e. The van der Waals surface area contributed by atoms with E-state index in [1.807, 2.05) is 38.1 Å². The van der Waals surface area contributed by atoms with Gasteiger partial charge in [-0.05, 0) is 24.1 Å². The minimum absolute atomic E-state index is 0.0582. The van der Waals surface area contributed by atoms with Crippen LogP contribution in [-0.2, 0) is 4.79 Å². The molecule has 0 aliphatic carbocycles. The van der Waals surface area contributed by atoms with Crippen molar-refractivity contribution < 1.29 is 9.59 Å². The van der Waals surface area contributed by atoms with E-state index >= 15 is 0 Å². The van der Waals surface area contributed by atoms with E-state index in [9.17, 15) is 9.59 Å². The van der Waals surface area contributed by atoms with Gasteiger partial charge in [-0.2, -0.15) is 5.10 Å². The topological polar surface area (TPSA) is 82.6 Å². The summed E-state index contributed by atoms with van der Waals surface area (Å²) in [6.45, 7) is 4.62. The SMILES string of the molecule is CCCNC(=O)Nc1ccc(C2=NNC(=O)CC2C)cc1. The molecule has 1 aliphatic heterocycles. The highest BCUT2D eigenvalue weighted by atomic mass is 16.2. The second-order valence-corrected chi connectivity index (χ2v) is 5.10. The largest absolute Gasteiger partial charge is 0.338 e. The van der Waals surface area contributed by atoms with Crippen molar-refractivity contribution in [2.24, 2.45) is 11.0 Å². The van der Waals surface area contributed by atoms with E-state index in [1.54, 1.807) is 0 Å². The first-order chi connectivity index (χ1) is 10.1. The summed E-state index contributed by atoms with van der Waals surface area (Å²) in [5, 5.41) is 9.63. The molecule has 0 bridgehead atoms. The quantitative estimate of drug-likeness (QED) is 0.792. The lowest BCUT2D eigenvalue weighted by atomic mass is 9.94. The Hall–Kier alpha value is -2.37. The second kappa shape index (κ2) is 6.88. The summed E-state index contributed by atoms with van der Waals surface area (Å²) in [5.74, 6) is 0.0301. The monoisotopic (exact) mass is 288 g/mol. The first-order valence-corrected chi connectivity index (χ1v) is 7.12. The number of urea groups is 1. The highest BCUT2D eigenvalue weighted by molar-refractivity contribution is 6.06. The lowest BCUT2D eigenvalue weighted by Gasteiger charge is -2.19. The number of hydrogen-bond acceptors (Lipinski definition) is 3. The van der Waals surface area contributed by atoms with Gasteiger partial charge >= 0.3 is 6.03 Å². The maximum atomic E-state index is 11.6. The molecule has 1 heterocycles. The smallest absolute Gasteiger partial charge is 0.319 e. The van der Waals surface area contributed by atoms with Gasteiger partial charge in [-0.15, -0.1) is 0 Å². The lowest BCUT2D eigenvalue weighted by molar-refractivity contribution is -0.121. The number of hydrogen-bond donors (Lipinski definition) is 3. The Labute approximate surface area is 124 Å². The number of rotatable bonds is 4. The zero-order valence-electron chi connectivity index (χ0n) is 12.3. The molecule has 6 nitrogen and oxygen atoms in total. The Kier molecular flexibility index (Phi) is 4.92. The number of nitrogens with one attached hydrogen (secondary N) is 3. The predicted molar refractivity (Wildman–Crippen MR) is 82.2 cm³/mol. The Balaban J connectivity index is 2.02. The van der Waals surface area contributed by atoms with Gasteiger partial charge in [-0.1, -0.05) is 26.0 Å². The van der Waals surface area contributed by atoms with Crippen molar-refractivity contribution in [2.45, 2.75) is 26.7 Å². The molecule has 0 fully saturated rings. The van der Waals surface area contributed by atoms with Crippen LogP contribution in [0.4, 0.5) is 10.5 Å². The summed E-state index contributed by atoms with van der Waals surface area (Å²) < 4.78 is 0. The van der Waals surface area contributed by atoms with Crippen molar-refractivity contribution in [1.82, 2.24) is 10.7 Å². The van der Waals surface area contributed by atoms with E-state index in [2.05, 4.69) is 21.2 Å². The number of carbonyl (C=O) groups is 2. The molecule has 1 aliphatic rings. The molecule has 0 saturated heterocycles. The number of nitrogens with zero attached hydrogens (tertiary/aromatic N) is 1. The first kappa shape index (κ1) is 15.0. The van der Waals surface area contributed by atoms with E-state index in [4.69, 9.17) is 0 Å². The summed E-state index contributed by atoms with van der Waals surface area (Å²) in [4.78, 5) is 22.8. The third-order valence-electron chi connectivity index (χ3n) is 3.23. The highest BCUT2D eigenvalue weighted by Gasteiger charge is 2.21. The fraction of sp³-hybridized carbons (Fsp3) is 0.400. The molecule has 0 radical (unpaired) electrons. The number of carbonyl (C=O) groups excluding carboxylic acids is 2. The Morgan fingerprint density at radius 2 is 2.10 bits per heavy atom. The van der Waals surface area contributed by atoms with Crippen LogP contribution < -0.4 is 16.1 Å². The molecule has 0 aromatic heterocycles. The fourth-order valence-electron chi connectivity index (χ4n) is 2.14. The zero-order valence-corrected chi connectivity index (χ0v) is 12.3. The van der Waals surface area contributed by atoms with Crippen LogP contribution in [0.15, 0.2) is 29.4 Å². The normalized spacial score (nSPS) is 17.7. The zero-order chi connectivity index (χ0) is 15.2. The van der Waals surface area contributed by atoms with Crippen LogP contribution in [0.25, 0.3) is 0 Å². The van der Waals surface area contributed by atoms with Gasteiger partial charge in [0.05, 0.1) is 5.71 Å². The van der Waals surface area contributed by atoms with Crippen molar-refractivity contribution in [2.75, 3.05) is 11.9 Å². The molecule has 1 unspecified atom stereocenters. The Morgan fingerprint density at radius 1 is 1.38 bits per heavy atom. The minimum Gasteiger partial charge on any atom is -0.338 e. The third kappa shape index (κ3) is 4.05. The van der Waals surface area contributed by atoms with Gasteiger partial charge in [0.1, 0.15) is 0 Å². The number of amides is 3. The van der Waals surface area contributed by atoms with Crippen molar-refractivity contribution in [3.63, 3.8) is 0 Å². The van der Waals surface area contributed by atoms with E-state index < -0.39 is 0 Å². The average molecular weight is 288 g/mol. The number of benzene rings is 1. The molecule has 1 aromatic rings. The Morgan fingerprint density at radius 3 is 2.71 bits per heavy atom. The molecule has 112 valence electrons. The second-order valence-electron chi connectivity index (χ2n) is 5.10. The fourth-order valence-corrected chi connectivity index (χ4v) is 2.14. The van der Waals surface area contributed by atoms with Crippen molar-refractivity contribution in [1.29, 1.82) is 0 Å². The predicted octanol–water partition coefficient (Wildman–Crippen LogP) is 2.08. The Bertz CT molecular complexity index is 551. The molecule has 3 N–H and O–H groups in total. The molecule has 1 aromatic carbocycles. The van der Waals surface area contributed by atoms with Gasteiger partial charge in [0.25, 0.3) is 0 Å². The van der Waals surface area contributed by atoms with Crippen LogP contribution in [0.1, 0.15) is 32.3 Å². The van der Waals surface area contributed by atoms with E-state index in [0.717, 1.165) is 23.4 Å². The maximum absolute atomic E-state index is 11.6. The first-order valence-electron chi connectivity index (χ1n) is 7.12. The van der Waals surface area contributed by atoms with Crippen LogP contribution in [-0.4, -0.2) is 24.2 Å². The summed E-state index contributed by atoms with van der Waals surface area (Å²) in [6.07, 6.45) is 1.34. The van der Waals surface area contributed by atoms with Crippen molar-refractivity contribution in [3.8, 4) is 0 Å². The molecule has 21 heavy (non-hydrogen) atoms. The van der Waals surface area contributed by atoms with Crippen LogP contribution >= 0.6 is 0 Å². The summed E-state index contributed by atoms with van der Waals surface area (Å²) >= 11 is 0. The lowest BCUT2D eigenvalue weighted by Crippen LogP contribution is -2.32. The van der Waals surface area contributed by atoms with E-state index in [0.29, 0.717) is 13.0 Å². The number of hydrazone groups is 1. The average Bonchev–Trinajstić information content (AvgIpc) is 2.46. The van der Waals surface area contributed by atoms with E-state index in [-0.39, 0.29) is 17.9 Å². The van der Waals surface area contributed by atoms with Gasteiger partial charge in [0.2, 0.25) is 5.91 Å². The van der Waals surface area contributed by atoms with Gasteiger partial charge in [0.15, 0.2) is 0 Å². The standard InChI is InChI=1S/C15H20N4O2/c1-3-8-16-15(21)17-12-6-4-11(5-7-12)14-10(2)9-13(20)18-19-14/h4-7,10H,3,8-9H2,1-2H3,(H,18,20)(H2,16,17,21). The molecule has 2 rings (SSSR count). The summed E-state index contributed by atoms with van der Waals surface area (Å²) in [7, 11) is 0. The molecular weight excluding hydrogens is 268 g/mol. The van der Waals surface area contributed by atoms with Gasteiger partial charge in [0, 0.05) is 24.6 Å². The van der Waals surface area contributed by atoms with Gasteiger partial charge in [-0.3, -0.25) is 4.79 Å². The van der Waals surface area contributed by atoms with E-state index in [1.165, 1.54) is 0 Å². The van der Waals surface area contributed by atoms with Crippen LogP contribution in [0.3, 0.4) is 0 Å². The van der Waals surface area contributed by atoms with Crippen LogP contribution in [0.5, 0.6) is 0 Å². The highest BCUT2D eigenvalue weighted by Crippen LogP contribution is 2.18. The van der Waals surface area contributed by atoms with Crippen molar-refractivity contribution >= 4 is 23.3 Å². The van der Waals surface area contributed by atoms with Crippen LogP contribution in [0.2, 0.25) is 0 Å². The van der Waals surface area contributed by atoms with Crippen LogP contribution in [0, 0.1) is 5.92 Å². The molecule has 0 spiro atoms. The summed E-state index contributed by atoms with van der Waals surface area (Å²) in [6, 6.07) is 7.23. The molecular formula is C15H20N4O2. The summed E-state index contributed by atoms with van der Waals surface area (Å²) in [5.41, 5.74) is 5.03. The van der Waals surface area contributed by atoms with Gasteiger partial charge < -0.3 is 10.6 Å². The molecule has 0 saturated carbocycles. The third-order valence-corrected chi connectivity index (χ3v) is 3.23. The molecule has 3 amide bonds. The number of anilines is 1. The van der Waals surface area contributed by atoms with Gasteiger partial charge in [-0.25, -0.2) is 10.2 Å². The molecule has 1 atom stereocenters. The molecule has 6 heteroatoms. The minimum atomic E-state index is -0.208. The van der Waals surface area contributed by atoms with Crippen molar-refractivity contribution in [3.05, 3.63) is 29.8 Å².